The molecule has 0 fully saturated rings. The molecule has 0 aliphatic heterocycles. The largest absolute Gasteiger partial charge is 0.439 e. The maximum atomic E-state index is 5.76. The predicted molar refractivity (Wildman–Crippen MR) is 63.7 cm³/mol. The van der Waals surface area contributed by atoms with Gasteiger partial charge in [-0.15, -0.1) is 6.42 Å². The molecule has 2 rings (SSSR count). The summed E-state index contributed by atoms with van der Waals surface area (Å²) >= 11 is 5.76. The Labute approximate surface area is 98.9 Å². The maximum absolute atomic E-state index is 5.76. The normalized spacial score (nSPS) is 9.50. The highest BCUT2D eigenvalue weighted by atomic mass is 35.5. The van der Waals surface area contributed by atoms with Crippen LogP contribution >= 0.6 is 11.6 Å². The molecule has 0 bridgehead atoms. The molecule has 16 heavy (non-hydrogen) atoms. The fourth-order valence-corrected chi connectivity index (χ4v) is 1.30. The fourth-order valence-electron chi connectivity index (χ4n) is 1.18. The molecule has 0 aliphatic carbocycles. The second kappa shape index (κ2) is 4.69. The number of terminal acetylenes is 1. The van der Waals surface area contributed by atoms with Crippen molar-refractivity contribution in [2.75, 3.05) is 0 Å². The zero-order valence-corrected chi connectivity index (χ0v) is 9.11. The van der Waals surface area contributed by atoms with Gasteiger partial charge in [-0.25, -0.2) is 4.98 Å². The van der Waals surface area contributed by atoms with Gasteiger partial charge < -0.3 is 4.74 Å². The van der Waals surface area contributed by atoms with Gasteiger partial charge in [-0.1, -0.05) is 23.6 Å². The monoisotopic (exact) mass is 229 g/mol. The first-order valence-electron chi connectivity index (χ1n) is 4.65. The molecular weight excluding hydrogens is 222 g/mol. The van der Waals surface area contributed by atoms with E-state index in [1.807, 2.05) is 0 Å². The Bertz CT molecular complexity index is 528. The van der Waals surface area contributed by atoms with Crippen LogP contribution in [0.3, 0.4) is 0 Å². The number of aromatic nitrogens is 1. The van der Waals surface area contributed by atoms with Crippen molar-refractivity contribution in [3.8, 4) is 24.0 Å². The van der Waals surface area contributed by atoms with Crippen molar-refractivity contribution >= 4 is 11.6 Å². The Kier molecular flexibility index (Phi) is 3.09. The number of hydrogen-bond donors (Lipinski definition) is 0. The first kappa shape index (κ1) is 10.5. The number of ether oxygens (including phenoxy) is 1. The maximum Gasteiger partial charge on any atom is 0.220 e. The number of nitrogens with zero attached hydrogens (tertiary/aromatic N) is 1. The van der Waals surface area contributed by atoms with Crippen LogP contribution in [0.4, 0.5) is 0 Å². The third-order valence-corrected chi connectivity index (χ3v) is 2.16. The van der Waals surface area contributed by atoms with E-state index in [1.54, 1.807) is 42.5 Å². The Morgan fingerprint density at radius 1 is 1.12 bits per heavy atom. The van der Waals surface area contributed by atoms with Gasteiger partial charge in [0.1, 0.15) is 11.4 Å². The Morgan fingerprint density at radius 2 is 1.88 bits per heavy atom. The van der Waals surface area contributed by atoms with E-state index in [0.29, 0.717) is 22.3 Å². The van der Waals surface area contributed by atoms with E-state index < -0.39 is 0 Å². The number of benzene rings is 1. The first-order valence-corrected chi connectivity index (χ1v) is 5.03. The third-order valence-electron chi connectivity index (χ3n) is 1.91. The SMILES string of the molecule is C#Cc1cccc(Oc2ccc(Cl)cc2)n1. The molecule has 2 nitrogen and oxygen atoms in total. The van der Waals surface area contributed by atoms with Gasteiger partial charge in [0, 0.05) is 11.1 Å². The highest BCUT2D eigenvalue weighted by molar-refractivity contribution is 6.30. The zero-order chi connectivity index (χ0) is 11.4. The quantitative estimate of drug-likeness (QED) is 0.736. The van der Waals surface area contributed by atoms with E-state index in [1.165, 1.54) is 0 Å². The van der Waals surface area contributed by atoms with E-state index in [2.05, 4.69) is 10.9 Å². The van der Waals surface area contributed by atoms with Crippen molar-refractivity contribution in [2.45, 2.75) is 0 Å². The van der Waals surface area contributed by atoms with Crippen molar-refractivity contribution in [2.24, 2.45) is 0 Å². The first-order chi connectivity index (χ1) is 7.78. The highest BCUT2D eigenvalue weighted by Gasteiger charge is 1.99. The minimum atomic E-state index is 0.470. The fraction of sp³-hybridized carbons (Fsp3) is 0. The van der Waals surface area contributed by atoms with Crippen LogP contribution in [0.1, 0.15) is 5.69 Å². The van der Waals surface area contributed by atoms with Crippen LogP contribution in [-0.2, 0) is 0 Å². The van der Waals surface area contributed by atoms with E-state index >= 15 is 0 Å². The van der Waals surface area contributed by atoms with Gasteiger partial charge in [-0.3, -0.25) is 0 Å². The standard InChI is InChI=1S/C13H8ClNO/c1-2-11-4-3-5-13(15-11)16-12-8-6-10(14)7-9-12/h1,3-9H. The summed E-state index contributed by atoms with van der Waals surface area (Å²) in [5.41, 5.74) is 0.548. The second-order valence-electron chi connectivity index (χ2n) is 3.06. The molecule has 3 heteroatoms. The molecule has 1 heterocycles. The molecule has 0 aliphatic rings. The van der Waals surface area contributed by atoms with Gasteiger partial charge >= 0.3 is 0 Å². The van der Waals surface area contributed by atoms with Gasteiger partial charge in [0.05, 0.1) is 0 Å². The molecule has 0 saturated heterocycles. The van der Waals surface area contributed by atoms with Crippen LogP contribution in [0.25, 0.3) is 0 Å². The molecule has 0 unspecified atom stereocenters. The lowest BCUT2D eigenvalue weighted by atomic mass is 10.3. The van der Waals surface area contributed by atoms with Gasteiger partial charge in [0.15, 0.2) is 0 Å². The van der Waals surface area contributed by atoms with Gasteiger partial charge in [0.2, 0.25) is 5.88 Å². The van der Waals surface area contributed by atoms with Crippen molar-refractivity contribution in [1.29, 1.82) is 0 Å². The predicted octanol–water partition coefficient (Wildman–Crippen LogP) is 3.51. The van der Waals surface area contributed by atoms with Crippen LogP contribution in [-0.4, -0.2) is 4.98 Å². The minimum Gasteiger partial charge on any atom is -0.439 e. The van der Waals surface area contributed by atoms with Crippen molar-refractivity contribution in [1.82, 2.24) is 4.98 Å². The van der Waals surface area contributed by atoms with Crippen LogP contribution < -0.4 is 4.74 Å². The van der Waals surface area contributed by atoms with E-state index in [4.69, 9.17) is 22.8 Å². The lowest BCUT2D eigenvalue weighted by Gasteiger charge is -2.04. The lowest BCUT2D eigenvalue weighted by Crippen LogP contribution is -1.89. The highest BCUT2D eigenvalue weighted by Crippen LogP contribution is 2.21. The van der Waals surface area contributed by atoms with Crippen molar-refractivity contribution < 1.29 is 4.74 Å². The van der Waals surface area contributed by atoms with E-state index in [-0.39, 0.29) is 0 Å². The topological polar surface area (TPSA) is 22.1 Å². The summed E-state index contributed by atoms with van der Waals surface area (Å²) in [5, 5.41) is 0.665. The average molecular weight is 230 g/mol. The van der Waals surface area contributed by atoms with Crippen molar-refractivity contribution in [3.05, 3.63) is 53.2 Å². The van der Waals surface area contributed by atoms with Gasteiger partial charge in [0.25, 0.3) is 0 Å². The molecule has 0 amide bonds. The molecule has 78 valence electrons. The summed E-state index contributed by atoms with van der Waals surface area (Å²) in [7, 11) is 0. The molecule has 0 spiro atoms. The molecular formula is C13H8ClNO. The second-order valence-corrected chi connectivity index (χ2v) is 3.50. The number of pyridine rings is 1. The van der Waals surface area contributed by atoms with Crippen LogP contribution in [0.15, 0.2) is 42.5 Å². The summed E-state index contributed by atoms with van der Waals surface area (Å²) in [6.07, 6.45) is 5.25. The summed E-state index contributed by atoms with van der Waals surface area (Å²) in [4.78, 5) is 4.12. The van der Waals surface area contributed by atoms with Crippen molar-refractivity contribution in [3.63, 3.8) is 0 Å². The Hall–Kier alpha value is -1.98. The summed E-state index contributed by atoms with van der Waals surface area (Å²) in [6.45, 7) is 0. The van der Waals surface area contributed by atoms with Crippen LogP contribution in [0.2, 0.25) is 5.02 Å². The molecule has 0 atom stereocenters. The number of halogens is 1. The summed E-state index contributed by atoms with van der Waals surface area (Å²) < 4.78 is 5.51. The molecule has 0 N–H and O–H groups in total. The van der Waals surface area contributed by atoms with Gasteiger partial charge in [-0.2, -0.15) is 0 Å². The number of rotatable bonds is 2. The Balaban J connectivity index is 2.21. The summed E-state index contributed by atoms with van der Waals surface area (Å²) in [6, 6.07) is 12.3. The lowest BCUT2D eigenvalue weighted by molar-refractivity contribution is 0.462. The molecule has 0 radical (unpaired) electrons. The molecule has 1 aromatic carbocycles. The number of hydrogen-bond acceptors (Lipinski definition) is 2. The molecule has 0 saturated carbocycles. The third kappa shape index (κ3) is 2.53. The molecule has 1 aromatic heterocycles. The van der Waals surface area contributed by atoms with E-state index in [0.717, 1.165) is 0 Å². The average Bonchev–Trinajstić information content (AvgIpc) is 2.32. The summed E-state index contributed by atoms with van der Waals surface area (Å²) in [5.74, 6) is 3.59. The minimum absolute atomic E-state index is 0.470. The smallest absolute Gasteiger partial charge is 0.220 e. The van der Waals surface area contributed by atoms with Crippen LogP contribution in [0.5, 0.6) is 11.6 Å². The van der Waals surface area contributed by atoms with Gasteiger partial charge in [-0.05, 0) is 30.3 Å². The Morgan fingerprint density at radius 3 is 2.56 bits per heavy atom. The zero-order valence-electron chi connectivity index (χ0n) is 8.35. The van der Waals surface area contributed by atoms with E-state index in [9.17, 15) is 0 Å². The molecule has 2 aromatic rings. The van der Waals surface area contributed by atoms with Crippen LogP contribution in [0, 0.1) is 12.3 Å².